The Labute approximate surface area is 174 Å². The molecule has 0 spiro atoms. The van der Waals surface area contributed by atoms with Crippen molar-refractivity contribution in [1.29, 1.82) is 0 Å². The van der Waals surface area contributed by atoms with E-state index in [1.807, 2.05) is 18.2 Å². The number of rotatable bonds is 4. The smallest absolute Gasteiger partial charge is 0.321 e. The molecule has 1 aliphatic rings. The summed E-state index contributed by atoms with van der Waals surface area (Å²) < 4.78 is 1.62. The predicted octanol–water partition coefficient (Wildman–Crippen LogP) is 2.42. The summed E-state index contributed by atoms with van der Waals surface area (Å²) in [5.41, 5.74) is 1.77. The van der Waals surface area contributed by atoms with Gasteiger partial charge in [-0.25, -0.2) is 9.78 Å². The molecule has 1 aromatic carbocycles. The molecule has 1 saturated heterocycles. The first-order valence-electron chi connectivity index (χ1n) is 9.70. The van der Waals surface area contributed by atoms with Crippen LogP contribution in [-0.2, 0) is 7.05 Å². The molecule has 4 rings (SSSR count). The largest absolute Gasteiger partial charge is 0.353 e. The molecule has 1 aliphatic heterocycles. The van der Waals surface area contributed by atoms with Crippen molar-refractivity contribution in [3.63, 3.8) is 0 Å². The van der Waals surface area contributed by atoms with Crippen molar-refractivity contribution >= 4 is 29.1 Å². The second-order valence-electron chi connectivity index (χ2n) is 7.03. The van der Waals surface area contributed by atoms with E-state index in [4.69, 9.17) is 0 Å². The SMILES string of the molecule is Cn1cc(NC(=O)c2ccc(NC(=O)N3CCN(c4ccccn4)CC3)cc2)cn1. The fourth-order valence-corrected chi connectivity index (χ4v) is 3.28. The van der Waals surface area contributed by atoms with Crippen LogP contribution in [0.3, 0.4) is 0 Å². The van der Waals surface area contributed by atoms with Gasteiger partial charge in [-0.2, -0.15) is 5.10 Å². The van der Waals surface area contributed by atoms with Gasteiger partial charge >= 0.3 is 6.03 Å². The Morgan fingerprint density at radius 2 is 1.70 bits per heavy atom. The normalized spacial score (nSPS) is 13.8. The van der Waals surface area contributed by atoms with Crippen LogP contribution in [0, 0.1) is 0 Å². The summed E-state index contributed by atoms with van der Waals surface area (Å²) in [7, 11) is 1.78. The third-order valence-electron chi connectivity index (χ3n) is 4.90. The number of pyridine rings is 1. The molecule has 0 radical (unpaired) electrons. The van der Waals surface area contributed by atoms with Crippen LogP contribution in [0.2, 0.25) is 0 Å². The maximum atomic E-state index is 12.6. The molecular weight excluding hydrogens is 382 g/mol. The van der Waals surface area contributed by atoms with Crippen LogP contribution in [0.25, 0.3) is 0 Å². The van der Waals surface area contributed by atoms with E-state index in [-0.39, 0.29) is 11.9 Å². The monoisotopic (exact) mass is 405 g/mol. The summed E-state index contributed by atoms with van der Waals surface area (Å²) in [6, 6.07) is 12.5. The zero-order valence-electron chi connectivity index (χ0n) is 16.7. The molecule has 2 aromatic heterocycles. The molecule has 154 valence electrons. The van der Waals surface area contributed by atoms with Crippen LogP contribution >= 0.6 is 0 Å². The van der Waals surface area contributed by atoms with Crippen molar-refractivity contribution in [2.24, 2.45) is 7.05 Å². The number of aromatic nitrogens is 3. The van der Waals surface area contributed by atoms with Crippen molar-refractivity contribution in [2.45, 2.75) is 0 Å². The lowest BCUT2D eigenvalue weighted by molar-refractivity contribution is 0.102. The standard InChI is InChI=1S/C21H23N7O2/c1-26-15-18(14-23-26)24-20(29)16-5-7-17(8-6-16)25-21(30)28-12-10-27(11-13-28)19-4-2-3-9-22-19/h2-9,14-15H,10-13H2,1H3,(H,24,29)(H,25,30). The Hall–Kier alpha value is -3.88. The minimum atomic E-state index is -0.230. The number of nitrogens with zero attached hydrogens (tertiary/aromatic N) is 5. The number of piperazine rings is 1. The van der Waals surface area contributed by atoms with E-state index in [9.17, 15) is 9.59 Å². The van der Waals surface area contributed by atoms with E-state index < -0.39 is 0 Å². The molecule has 3 aromatic rings. The highest BCUT2D eigenvalue weighted by molar-refractivity contribution is 6.04. The number of aryl methyl sites for hydroxylation is 1. The fourth-order valence-electron chi connectivity index (χ4n) is 3.28. The third kappa shape index (κ3) is 4.57. The molecule has 3 amide bonds. The number of carbonyl (C=O) groups excluding carboxylic acids is 2. The summed E-state index contributed by atoms with van der Waals surface area (Å²) in [6.45, 7) is 2.71. The number of carbonyl (C=O) groups is 2. The van der Waals surface area contributed by atoms with E-state index >= 15 is 0 Å². The molecule has 30 heavy (non-hydrogen) atoms. The lowest BCUT2D eigenvalue weighted by atomic mass is 10.2. The first-order chi connectivity index (χ1) is 14.6. The van der Waals surface area contributed by atoms with Gasteiger partial charge in [-0.3, -0.25) is 9.48 Å². The van der Waals surface area contributed by atoms with E-state index in [0.29, 0.717) is 30.0 Å². The Morgan fingerprint density at radius 1 is 0.933 bits per heavy atom. The van der Waals surface area contributed by atoms with Gasteiger partial charge in [-0.15, -0.1) is 0 Å². The molecule has 0 unspecified atom stereocenters. The zero-order chi connectivity index (χ0) is 20.9. The van der Waals surface area contributed by atoms with Gasteiger partial charge in [0.05, 0.1) is 11.9 Å². The molecule has 0 saturated carbocycles. The number of anilines is 3. The highest BCUT2D eigenvalue weighted by Crippen LogP contribution is 2.15. The molecule has 0 bridgehead atoms. The Kier molecular flexibility index (Phi) is 5.60. The molecule has 0 aliphatic carbocycles. The summed E-state index contributed by atoms with van der Waals surface area (Å²) in [4.78, 5) is 33.2. The van der Waals surface area contributed by atoms with E-state index in [1.165, 1.54) is 0 Å². The Bertz CT molecular complexity index is 1010. The fraction of sp³-hybridized carbons (Fsp3) is 0.238. The van der Waals surface area contributed by atoms with Gasteiger partial charge in [0.15, 0.2) is 0 Å². The van der Waals surface area contributed by atoms with Gasteiger partial charge in [0.2, 0.25) is 0 Å². The van der Waals surface area contributed by atoms with Gasteiger partial charge in [0, 0.05) is 56.9 Å². The molecule has 2 N–H and O–H groups in total. The van der Waals surface area contributed by atoms with Crippen molar-refractivity contribution in [3.8, 4) is 0 Å². The quantitative estimate of drug-likeness (QED) is 0.695. The first-order valence-corrected chi connectivity index (χ1v) is 9.70. The van der Waals surface area contributed by atoms with Crippen LogP contribution < -0.4 is 15.5 Å². The predicted molar refractivity (Wildman–Crippen MR) is 115 cm³/mol. The van der Waals surface area contributed by atoms with Crippen LogP contribution in [0.1, 0.15) is 10.4 Å². The minimum Gasteiger partial charge on any atom is -0.353 e. The van der Waals surface area contributed by atoms with Gasteiger partial charge in [0.25, 0.3) is 5.91 Å². The molecular formula is C21H23N7O2. The number of urea groups is 1. The summed E-state index contributed by atoms with van der Waals surface area (Å²) in [5.74, 6) is 0.698. The summed E-state index contributed by atoms with van der Waals surface area (Å²) in [6.07, 6.45) is 5.08. The summed E-state index contributed by atoms with van der Waals surface area (Å²) in [5, 5.41) is 9.69. The molecule has 9 nitrogen and oxygen atoms in total. The Morgan fingerprint density at radius 3 is 2.33 bits per heavy atom. The van der Waals surface area contributed by atoms with Crippen LogP contribution in [0.5, 0.6) is 0 Å². The van der Waals surface area contributed by atoms with Crippen molar-refractivity contribution in [2.75, 3.05) is 41.7 Å². The number of hydrogen-bond acceptors (Lipinski definition) is 5. The maximum absolute atomic E-state index is 12.6. The van der Waals surface area contributed by atoms with Gasteiger partial charge in [-0.05, 0) is 36.4 Å². The van der Waals surface area contributed by atoms with Crippen LogP contribution in [-0.4, -0.2) is 57.8 Å². The molecule has 1 fully saturated rings. The number of benzene rings is 1. The van der Waals surface area contributed by atoms with E-state index in [1.54, 1.807) is 59.5 Å². The highest BCUT2D eigenvalue weighted by Gasteiger charge is 2.21. The van der Waals surface area contributed by atoms with Crippen LogP contribution in [0.15, 0.2) is 61.1 Å². The topological polar surface area (TPSA) is 95.4 Å². The van der Waals surface area contributed by atoms with Gasteiger partial charge < -0.3 is 20.4 Å². The maximum Gasteiger partial charge on any atom is 0.321 e. The first kappa shape index (κ1) is 19.4. The average Bonchev–Trinajstić information content (AvgIpc) is 3.19. The van der Waals surface area contributed by atoms with Gasteiger partial charge in [0.1, 0.15) is 5.82 Å². The van der Waals surface area contributed by atoms with Crippen molar-refractivity contribution in [1.82, 2.24) is 19.7 Å². The van der Waals surface area contributed by atoms with Crippen LogP contribution in [0.4, 0.5) is 22.0 Å². The third-order valence-corrected chi connectivity index (χ3v) is 4.90. The Balaban J connectivity index is 1.29. The number of hydrogen-bond donors (Lipinski definition) is 2. The highest BCUT2D eigenvalue weighted by atomic mass is 16.2. The average molecular weight is 405 g/mol. The van der Waals surface area contributed by atoms with Crippen molar-refractivity contribution < 1.29 is 9.59 Å². The second kappa shape index (κ2) is 8.64. The lowest BCUT2D eigenvalue weighted by Gasteiger charge is -2.35. The molecule has 3 heterocycles. The lowest BCUT2D eigenvalue weighted by Crippen LogP contribution is -2.50. The molecule has 0 atom stereocenters. The van der Waals surface area contributed by atoms with E-state index in [2.05, 4.69) is 25.6 Å². The number of amides is 3. The molecule has 9 heteroatoms. The number of nitrogens with one attached hydrogen (secondary N) is 2. The van der Waals surface area contributed by atoms with Crippen molar-refractivity contribution in [3.05, 3.63) is 66.6 Å². The van der Waals surface area contributed by atoms with Gasteiger partial charge in [-0.1, -0.05) is 6.07 Å². The zero-order valence-corrected chi connectivity index (χ0v) is 16.7. The summed E-state index contributed by atoms with van der Waals surface area (Å²) >= 11 is 0. The minimum absolute atomic E-state index is 0.150. The van der Waals surface area contributed by atoms with E-state index in [0.717, 1.165) is 18.9 Å². The second-order valence-corrected chi connectivity index (χ2v) is 7.03.